The van der Waals surface area contributed by atoms with Gasteiger partial charge in [-0.15, -0.1) is 0 Å². The van der Waals surface area contributed by atoms with Crippen LogP contribution in [0, 0.1) is 5.92 Å². The van der Waals surface area contributed by atoms with Crippen molar-refractivity contribution in [1.82, 2.24) is 4.90 Å². The summed E-state index contributed by atoms with van der Waals surface area (Å²) in [7, 11) is 0. The minimum atomic E-state index is -0.542. The number of esters is 1. The lowest BCUT2D eigenvalue weighted by Gasteiger charge is -2.44. The Hall–Kier alpha value is -2.95. The van der Waals surface area contributed by atoms with Crippen molar-refractivity contribution in [3.8, 4) is 0 Å². The van der Waals surface area contributed by atoms with Gasteiger partial charge in [-0.2, -0.15) is 0 Å². The molecule has 0 spiro atoms. The standard InChI is InChI=1S/C25H27NO4/c27-23(26-16-6-10-18-7-4-5-11-22(18)26)17-30-25(29)21-14-12-20(13-15-21)24(28)19-8-2-1-3-9-19/h1-3,8-9,12-15,18,22H,4-7,10-11,16-17H2/t18-,22+/m0/s1. The number of amides is 1. The van der Waals surface area contributed by atoms with Crippen molar-refractivity contribution in [3.63, 3.8) is 0 Å². The van der Waals surface area contributed by atoms with Gasteiger partial charge in [0.25, 0.3) is 5.91 Å². The van der Waals surface area contributed by atoms with Crippen LogP contribution in [0.1, 0.15) is 64.8 Å². The largest absolute Gasteiger partial charge is 0.452 e. The summed E-state index contributed by atoms with van der Waals surface area (Å²) in [4.78, 5) is 39.5. The van der Waals surface area contributed by atoms with Gasteiger partial charge in [-0.3, -0.25) is 9.59 Å². The fraction of sp³-hybridized carbons (Fsp3) is 0.400. The van der Waals surface area contributed by atoms with E-state index in [0.717, 1.165) is 19.4 Å². The predicted molar refractivity (Wildman–Crippen MR) is 113 cm³/mol. The van der Waals surface area contributed by atoms with Gasteiger partial charge >= 0.3 is 5.97 Å². The second-order valence-electron chi connectivity index (χ2n) is 8.19. The molecule has 1 amide bonds. The summed E-state index contributed by atoms with van der Waals surface area (Å²) in [6.45, 7) is 0.528. The van der Waals surface area contributed by atoms with Crippen LogP contribution in [0.25, 0.3) is 0 Å². The number of carbonyl (C=O) groups is 3. The average Bonchev–Trinajstić information content (AvgIpc) is 2.82. The Morgan fingerprint density at radius 1 is 0.800 bits per heavy atom. The normalized spacial score (nSPS) is 20.9. The molecular formula is C25H27NO4. The van der Waals surface area contributed by atoms with Crippen molar-refractivity contribution < 1.29 is 19.1 Å². The Balaban J connectivity index is 1.34. The van der Waals surface area contributed by atoms with E-state index in [2.05, 4.69) is 0 Å². The molecule has 156 valence electrons. The van der Waals surface area contributed by atoms with Crippen LogP contribution in [-0.4, -0.2) is 41.8 Å². The summed E-state index contributed by atoms with van der Waals surface area (Å²) in [5.74, 6) is -0.144. The van der Waals surface area contributed by atoms with Crippen LogP contribution < -0.4 is 0 Å². The Bertz CT molecular complexity index is 905. The molecule has 2 aliphatic rings. The maximum absolute atomic E-state index is 12.7. The highest BCUT2D eigenvalue weighted by atomic mass is 16.5. The molecule has 2 fully saturated rings. The van der Waals surface area contributed by atoms with Crippen LogP contribution in [0.5, 0.6) is 0 Å². The van der Waals surface area contributed by atoms with E-state index >= 15 is 0 Å². The van der Waals surface area contributed by atoms with E-state index in [1.807, 2.05) is 23.1 Å². The monoisotopic (exact) mass is 405 g/mol. The molecule has 2 aromatic carbocycles. The molecule has 1 saturated carbocycles. The van der Waals surface area contributed by atoms with Crippen LogP contribution in [0.4, 0.5) is 0 Å². The zero-order valence-corrected chi connectivity index (χ0v) is 17.1. The highest BCUT2D eigenvalue weighted by Gasteiger charge is 2.35. The summed E-state index contributed by atoms with van der Waals surface area (Å²) in [6, 6.07) is 15.7. The molecule has 0 aromatic heterocycles. The minimum Gasteiger partial charge on any atom is -0.452 e. The van der Waals surface area contributed by atoms with Gasteiger partial charge in [0.15, 0.2) is 12.4 Å². The number of carbonyl (C=O) groups excluding carboxylic acids is 3. The molecule has 0 radical (unpaired) electrons. The first kappa shape index (κ1) is 20.3. The number of hydrogen-bond donors (Lipinski definition) is 0. The van der Waals surface area contributed by atoms with Gasteiger partial charge in [0.05, 0.1) is 5.56 Å². The Kier molecular flexibility index (Phi) is 6.26. The van der Waals surface area contributed by atoms with Crippen molar-refractivity contribution in [1.29, 1.82) is 0 Å². The van der Waals surface area contributed by atoms with Crippen LogP contribution >= 0.6 is 0 Å². The first-order valence-corrected chi connectivity index (χ1v) is 10.8. The quantitative estimate of drug-likeness (QED) is 0.551. The van der Waals surface area contributed by atoms with Gasteiger partial charge in [0.2, 0.25) is 0 Å². The number of benzene rings is 2. The molecule has 5 nitrogen and oxygen atoms in total. The third-order valence-electron chi connectivity index (χ3n) is 6.31. The zero-order valence-electron chi connectivity index (χ0n) is 17.1. The number of rotatable bonds is 5. The van der Waals surface area contributed by atoms with Crippen LogP contribution in [0.3, 0.4) is 0 Å². The Morgan fingerprint density at radius 3 is 2.20 bits per heavy atom. The molecule has 5 heteroatoms. The van der Waals surface area contributed by atoms with E-state index in [4.69, 9.17) is 4.74 Å². The van der Waals surface area contributed by atoms with Crippen molar-refractivity contribution in [2.24, 2.45) is 5.92 Å². The molecule has 2 atom stereocenters. The number of piperidine rings is 1. The topological polar surface area (TPSA) is 63.7 Å². The fourth-order valence-corrected chi connectivity index (χ4v) is 4.74. The van der Waals surface area contributed by atoms with Crippen LogP contribution in [0.2, 0.25) is 0 Å². The minimum absolute atomic E-state index is 0.0992. The maximum Gasteiger partial charge on any atom is 0.338 e. The first-order valence-electron chi connectivity index (χ1n) is 10.8. The second-order valence-corrected chi connectivity index (χ2v) is 8.19. The molecule has 2 aromatic rings. The summed E-state index contributed by atoms with van der Waals surface area (Å²) >= 11 is 0. The fourth-order valence-electron chi connectivity index (χ4n) is 4.74. The van der Waals surface area contributed by atoms with E-state index in [9.17, 15) is 14.4 Å². The Morgan fingerprint density at radius 2 is 1.43 bits per heavy atom. The van der Waals surface area contributed by atoms with Crippen molar-refractivity contribution in [2.75, 3.05) is 13.2 Å². The summed E-state index contributed by atoms with van der Waals surface area (Å²) in [5, 5.41) is 0. The number of nitrogens with zero attached hydrogens (tertiary/aromatic N) is 1. The third-order valence-corrected chi connectivity index (χ3v) is 6.31. The number of ether oxygens (including phenoxy) is 1. The number of hydrogen-bond acceptors (Lipinski definition) is 4. The lowest BCUT2D eigenvalue weighted by Crippen LogP contribution is -2.50. The molecular weight excluding hydrogens is 378 g/mol. The van der Waals surface area contributed by atoms with E-state index < -0.39 is 5.97 Å². The van der Waals surface area contributed by atoms with Gasteiger partial charge < -0.3 is 9.64 Å². The molecule has 0 unspecified atom stereocenters. The van der Waals surface area contributed by atoms with Gasteiger partial charge in [-0.1, -0.05) is 55.3 Å². The molecule has 0 bridgehead atoms. The number of likely N-dealkylation sites (tertiary alicyclic amines) is 1. The van der Waals surface area contributed by atoms with E-state index in [1.54, 1.807) is 36.4 Å². The van der Waals surface area contributed by atoms with E-state index in [-0.39, 0.29) is 18.3 Å². The molecule has 1 heterocycles. The molecule has 4 rings (SSSR count). The van der Waals surface area contributed by atoms with Crippen molar-refractivity contribution in [2.45, 2.75) is 44.6 Å². The molecule has 0 N–H and O–H groups in total. The summed E-state index contributed by atoms with van der Waals surface area (Å²) in [5.41, 5.74) is 1.44. The molecule has 30 heavy (non-hydrogen) atoms. The molecule has 1 saturated heterocycles. The summed E-state index contributed by atoms with van der Waals surface area (Å²) < 4.78 is 5.29. The van der Waals surface area contributed by atoms with Crippen molar-refractivity contribution >= 4 is 17.7 Å². The van der Waals surface area contributed by atoms with Gasteiger partial charge in [0, 0.05) is 23.7 Å². The van der Waals surface area contributed by atoms with E-state index in [0.29, 0.717) is 28.7 Å². The second kappa shape index (κ2) is 9.24. The van der Waals surface area contributed by atoms with Gasteiger partial charge in [-0.25, -0.2) is 4.79 Å². The van der Waals surface area contributed by atoms with Crippen LogP contribution in [-0.2, 0) is 9.53 Å². The predicted octanol–water partition coefficient (Wildman–Crippen LogP) is 4.26. The highest BCUT2D eigenvalue weighted by molar-refractivity contribution is 6.09. The van der Waals surface area contributed by atoms with Crippen molar-refractivity contribution in [3.05, 3.63) is 71.3 Å². The number of fused-ring (bicyclic) bond motifs is 1. The molecule has 1 aliphatic heterocycles. The zero-order chi connectivity index (χ0) is 20.9. The smallest absolute Gasteiger partial charge is 0.338 e. The Labute approximate surface area is 177 Å². The lowest BCUT2D eigenvalue weighted by molar-refractivity contribution is -0.140. The highest BCUT2D eigenvalue weighted by Crippen LogP contribution is 2.35. The average molecular weight is 405 g/mol. The first-order chi connectivity index (χ1) is 14.6. The van der Waals surface area contributed by atoms with E-state index in [1.165, 1.54) is 25.7 Å². The maximum atomic E-state index is 12.7. The van der Waals surface area contributed by atoms with Gasteiger partial charge in [-0.05, 0) is 43.7 Å². The summed E-state index contributed by atoms with van der Waals surface area (Å²) in [6.07, 6.45) is 6.89. The molecule has 1 aliphatic carbocycles. The van der Waals surface area contributed by atoms with Crippen LogP contribution in [0.15, 0.2) is 54.6 Å². The third kappa shape index (κ3) is 4.45. The number of ketones is 1. The van der Waals surface area contributed by atoms with Gasteiger partial charge in [0.1, 0.15) is 0 Å². The SMILES string of the molecule is O=C(OCC(=O)N1CCC[C@@H]2CCCC[C@H]21)c1ccc(C(=O)c2ccccc2)cc1. The lowest BCUT2D eigenvalue weighted by atomic mass is 9.78.